The van der Waals surface area contributed by atoms with Gasteiger partial charge in [0.05, 0.1) is 35.9 Å². The Bertz CT molecular complexity index is 1570. The first-order valence-corrected chi connectivity index (χ1v) is 14.7. The van der Waals surface area contributed by atoms with Gasteiger partial charge < -0.3 is 29.9 Å². The maximum Gasteiger partial charge on any atom is 0.255 e. The Labute approximate surface area is 247 Å². The van der Waals surface area contributed by atoms with Crippen molar-refractivity contribution in [1.29, 1.82) is 0 Å². The van der Waals surface area contributed by atoms with Crippen molar-refractivity contribution < 1.29 is 19.8 Å². The lowest BCUT2D eigenvalue weighted by Gasteiger charge is -2.29. The van der Waals surface area contributed by atoms with Crippen molar-refractivity contribution in [2.24, 2.45) is 0 Å². The van der Waals surface area contributed by atoms with Crippen molar-refractivity contribution >= 4 is 51.5 Å². The third-order valence-corrected chi connectivity index (χ3v) is 8.50. The quantitative estimate of drug-likeness (QED) is 0.271. The number of aliphatic hydroxyl groups is 2. The molecule has 3 atom stereocenters. The largest absolute Gasteiger partial charge is 0.380 e. The molecular weight excluding hydrogens is 564 g/mol. The molecule has 4 aromatic rings. The summed E-state index contributed by atoms with van der Waals surface area (Å²) in [6.07, 6.45) is -2.26. The van der Waals surface area contributed by atoms with Gasteiger partial charge in [-0.05, 0) is 55.7 Å². The lowest BCUT2D eigenvalue weighted by atomic mass is 10.0. The summed E-state index contributed by atoms with van der Waals surface area (Å²) in [4.78, 5) is 38.5. The standard InChI is InChI=1S/C29H33ClN6O4S/c1-17-32-22-13-19(30)9-10-24(22)36(17)15-20-16-41-25(33-20)14-31-28(39)26(37)27(38)29(40)35-11-5-8-23(35)18-6-4-7-21(12-18)34(2)3/h4,6-7,9-10,12-13,16,23,26-27,37-38H,5,8,11,14-15H2,1-3H3,(H,31,39). The first-order valence-electron chi connectivity index (χ1n) is 13.4. The minimum absolute atomic E-state index is 0.0599. The maximum absolute atomic E-state index is 13.2. The highest BCUT2D eigenvalue weighted by Gasteiger charge is 2.38. The van der Waals surface area contributed by atoms with Crippen molar-refractivity contribution in [2.75, 3.05) is 25.5 Å². The molecule has 2 aromatic carbocycles. The number of amides is 2. The number of imidazole rings is 1. The van der Waals surface area contributed by atoms with Gasteiger partial charge in [0.25, 0.3) is 11.8 Å². The highest BCUT2D eigenvalue weighted by Crippen LogP contribution is 2.34. The monoisotopic (exact) mass is 596 g/mol. The Balaban J connectivity index is 1.18. The molecule has 1 aliphatic rings. The number of benzene rings is 2. The van der Waals surface area contributed by atoms with Gasteiger partial charge in [0.15, 0.2) is 12.2 Å². The number of aliphatic hydroxyl groups excluding tert-OH is 2. The summed E-state index contributed by atoms with van der Waals surface area (Å²) in [5.74, 6) is -0.662. The van der Waals surface area contributed by atoms with Crippen LogP contribution in [0.2, 0.25) is 5.02 Å². The number of thiazole rings is 1. The molecule has 41 heavy (non-hydrogen) atoms. The summed E-state index contributed by atoms with van der Waals surface area (Å²) in [7, 11) is 3.89. The zero-order valence-electron chi connectivity index (χ0n) is 23.1. The van der Waals surface area contributed by atoms with Gasteiger partial charge in [-0.15, -0.1) is 11.3 Å². The fourth-order valence-corrected chi connectivity index (χ4v) is 6.08. The van der Waals surface area contributed by atoms with Crippen LogP contribution in [0.1, 0.15) is 41.0 Å². The summed E-state index contributed by atoms with van der Waals surface area (Å²) in [5, 5.41) is 27.0. The number of likely N-dealkylation sites (tertiary alicyclic amines) is 1. The molecule has 1 saturated heterocycles. The highest BCUT2D eigenvalue weighted by molar-refractivity contribution is 7.09. The predicted octanol–water partition coefficient (Wildman–Crippen LogP) is 3.27. The van der Waals surface area contributed by atoms with E-state index in [1.807, 2.05) is 78.3 Å². The topological polar surface area (TPSA) is 124 Å². The number of rotatable bonds is 9. The summed E-state index contributed by atoms with van der Waals surface area (Å²) in [6.45, 7) is 2.92. The van der Waals surface area contributed by atoms with E-state index in [1.54, 1.807) is 4.90 Å². The Kier molecular flexibility index (Phi) is 8.60. The molecule has 0 aliphatic carbocycles. The van der Waals surface area contributed by atoms with Crippen molar-refractivity contribution in [2.45, 2.75) is 51.1 Å². The third-order valence-electron chi connectivity index (χ3n) is 7.36. The van der Waals surface area contributed by atoms with Gasteiger partial charge in [0.2, 0.25) is 0 Å². The van der Waals surface area contributed by atoms with Gasteiger partial charge in [0.1, 0.15) is 10.8 Å². The Morgan fingerprint density at radius 3 is 2.76 bits per heavy atom. The van der Waals surface area contributed by atoms with Gasteiger partial charge in [-0.25, -0.2) is 9.97 Å². The highest BCUT2D eigenvalue weighted by atomic mass is 35.5. The number of nitrogens with one attached hydrogen (secondary N) is 1. The van der Waals surface area contributed by atoms with E-state index in [0.29, 0.717) is 23.1 Å². The summed E-state index contributed by atoms with van der Waals surface area (Å²) < 4.78 is 2.04. The fourth-order valence-electron chi connectivity index (χ4n) is 5.19. The van der Waals surface area contributed by atoms with Crippen LogP contribution in [-0.4, -0.2) is 74.3 Å². The van der Waals surface area contributed by atoms with Crippen molar-refractivity contribution in [1.82, 2.24) is 24.8 Å². The number of aryl methyl sites for hydroxylation is 1. The van der Waals surface area contributed by atoms with Crippen LogP contribution in [0.15, 0.2) is 47.8 Å². The first kappa shape index (κ1) is 29.0. The van der Waals surface area contributed by atoms with E-state index in [0.717, 1.165) is 46.6 Å². The minimum Gasteiger partial charge on any atom is -0.380 e. The van der Waals surface area contributed by atoms with Gasteiger partial charge in [-0.3, -0.25) is 9.59 Å². The Morgan fingerprint density at radius 2 is 1.98 bits per heavy atom. The first-order chi connectivity index (χ1) is 19.6. The molecule has 2 aromatic heterocycles. The number of carbonyl (C=O) groups is 2. The van der Waals surface area contributed by atoms with Crippen LogP contribution in [0.25, 0.3) is 11.0 Å². The number of anilines is 1. The van der Waals surface area contributed by atoms with Gasteiger partial charge in [-0.2, -0.15) is 0 Å². The molecule has 12 heteroatoms. The SMILES string of the molecule is Cc1nc2cc(Cl)ccc2n1Cc1csc(CNC(=O)C(O)C(O)C(=O)N2CCCC2c2cccc(N(C)C)c2)n1. The Morgan fingerprint density at radius 1 is 1.17 bits per heavy atom. The summed E-state index contributed by atoms with van der Waals surface area (Å²) >= 11 is 7.46. The van der Waals surface area contributed by atoms with Crippen LogP contribution >= 0.6 is 22.9 Å². The lowest BCUT2D eigenvalue weighted by molar-refractivity contribution is -0.153. The molecule has 10 nitrogen and oxygen atoms in total. The predicted molar refractivity (Wildman–Crippen MR) is 159 cm³/mol. The summed E-state index contributed by atoms with van der Waals surface area (Å²) in [6, 6.07) is 13.2. The van der Waals surface area contributed by atoms with Crippen LogP contribution in [0.5, 0.6) is 0 Å². The molecule has 0 bridgehead atoms. The van der Waals surface area contributed by atoms with Gasteiger partial charge in [0, 0.05) is 36.7 Å². The molecule has 3 N–H and O–H groups in total. The van der Waals surface area contributed by atoms with E-state index in [2.05, 4.69) is 15.3 Å². The molecule has 1 fully saturated rings. The molecule has 0 radical (unpaired) electrons. The van der Waals surface area contributed by atoms with E-state index in [-0.39, 0.29) is 12.6 Å². The molecule has 1 aliphatic heterocycles. The van der Waals surface area contributed by atoms with Crippen molar-refractivity contribution in [3.8, 4) is 0 Å². The summed E-state index contributed by atoms with van der Waals surface area (Å²) in [5.41, 5.74) is 4.51. The van der Waals surface area contributed by atoms with Crippen LogP contribution in [0, 0.1) is 6.92 Å². The fraction of sp³-hybridized carbons (Fsp3) is 0.379. The molecular formula is C29H33ClN6O4S. The van der Waals surface area contributed by atoms with Crippen LogP contribution in [0.3, 0.4) is 0 Å². The average molecular weight is 597 g/mol. The second-order valence-corrected chi connectivity index (χ2v) is 11.8. The van der Waals surface area contributed by atoms with E-state index >= 15 is 0 Å². The third kappa shape index (κ3) is 6.23. The van der Waals surface area contributed by atoms with Crippen LogP contribution < -0.4 is 10.2 Å². The van der Waals surface area contributed by atoms with Crippen molar-refractivity contribution in [3.05, 3.63) is 75.0 Å². The zero-order chi connectivity index (χ0) is 29.3. The van der Waals surface area contributed by atoms with Gasteiger partial charge >= 0.3 is 0 Å². The molecule has 2 amide bonds. The Hall–Kier alpha value is -3.51. The number of nitrogens with zero attached hydrogens (tertiary/aromatic N) is 5. The number of hydrogen-bond acceptors (Lipinski definition) is 8. The van der Waals surface area contributed by atoms with Crippen LogP contribution in [-0.2, 0) is 22.7 Å². The molecule has 3 heterocycles. The smallest absolute Gasteiger partial charge is 0.255 e. The average Bonchev–Trinajstić information content (AvgIpc) is 3.70. The zero-order valence-corrected chi connectivity index (χ0v) is 24.7. The minimum atomic E-state index is -1.90. The number of halogens is 1. The van der Waals surface area contributed by atoms with Gasteiger partial charge in [-0.1, -0.05) is 23.7 Å². The molecule has 0 spiro atoms. The van der Waals surface area contributed by atoms with E-state index < -0.39 is 24.0 Å². The van der Waals surface area contributed by atoms with E-state index in [1.165, 1.54) is 11.3 Å². The number of hydrogen-bond donors (Lipinski definition) is 3. The second-order valence-electron chi connectivity index (χ2n) is 10.4. The molecule has 216 valence electrons. The van der Waals surface area contributed by atoms with E-state index in [9.17, 15) is 19.8 Å². The van der Waals surface area contributed by atoms with E-state index in [4.69, 9.17) is 11.6 Å². The second kappa shape index (κ2) is 12.2. The number of carbonyl (C=O) groups excluding carboxylic acids is 2. The number of fused-ring (bicyclic) bond motifs is 1. The molecule has 0 saturated carbocycles. The maximum atomic E-state index is 13.2. The molecule has 5 rings (SSSR count). The number of aromatic nitrogens is 3. The normalized spacial score (nSPS) is 16.6. The van der Waals surface area contributed by atoms with Crippen LogP contribution in [0.4, 0.5) is 5.69 Å². The molecule has 3 unspecified atom stereocenters. The van der Waals surface area contributed by atoms with Crippen molar-refractivity contribution in [3.63, 3.8) is 0 Å². The lowest BCUT2D eigenvalue weighted by Crippen LogP contribution is -2.50.